The molecule has 0 saturated heterocycles. The number of nitrogens with zero attached hydrogens (tertiary/aromatic N) is 3. The van der Waals surface area contributed by atoms with Crippen molar-refractivity contribution in [1.29, 1.82) is 0 Å². The van der Waals surface area contributed by atoms with Gasteiger partial charge < -0.3 is 14.6 Å². The van der Waals surface area contributed by atoms with E-state index in [0.29, 0.717) is 5.69 Å². The maximum atomic E-state index is 13.9. The third kappa shape index (κ3) is 5.43. The zero-order chi connectivity index (χ0) is 25.4. The van der Waals surface area contributed by atoms with Crippen LogP contribution in [0.25, 0.3) is 0 Å². The Hall–Kier alpha value is -2.32. The van der Waals surface area contributed by atoms with Crippen LogP contribution in [0.5, 0.6) is 0 Å². The molecule has 35 heavy (non-hydrogen) atoms. The first kappa shape index (κ1) is 25.8. The van der Waals surface area contributed by atoms with Crippen LogP contribution in [0.2, 0.25) is 0 Å². The second-order valence-corrected chi connectivity index (χ2v) is 10.6. The van der Waals surface area contributed by atoms with Crippen LogP contribution < -0.4 is 4.90 Å². The normalized spacial score (nSPS) is 20.7. The van der Waals surface area contributed by atoms with Gasteiger partial charge in [0.2, 0.25) is 0 Å². The van der Waals surface area contributed by atoms with Gasteiger partial charge >= 0.3 is 21.7 Å². The molecule has 1 saturated carbocycles. The number of halogens is 6. The van der Waals surface area contributed by atoms with Crippen LogP contribution in [0.15, 0.2) is 30.7 Å². The summed E-state index contributed by atoms with van der Waals surface area (Å²) in [5.41, 5.74) is -6.92. The molecule has 0 bridgehead atoms. The van der Waals surface area contributed by atoms with E-state index < -0.39 is 52.0 Å². The number of anilines is 1. The Kier molecular flexibility index (Phi) is 7.08. The van der Waals surface area contributed by atoms with Gasteiger partial charge in [0.05, 0.1) is 42.9 Å². The van der Waals surface area contributed by atoms with Crippen LogP contribution in [-0.4, -0.2) is 53.5 Å². The van der Waals surface area contributed by atoms with Gasteiger partial charge in [0.25, 0.3) is 0 Å². The molecule has 1 aromatic heterocycles. The highest BCUT2D eigenvalue weighted by Gasteiger charge is 2.52. The first-order valence-corrected chi connectivity index (χ1v) is 12.4. The predicted octanol–water partition coefficient (Wildman–Crippen LogP) is 4.43. The maximum Gasteiger partial charge on any atom is 0.511 e. The summed E-state index contributed by atoms with van der Waals surface area (Å²) in [5, 5.41) is 0. The maximum absolute atomic E-state index is 13.9. The SMILES string of the molecule is O=S(=O)(N1Cc2c(cccc2C(F)(F)F)N(Cc2cnc[nH]2)[C@@H](COC2CCCC2)C1)C(F)(F)F. The molecule has 194 valence electrons. The number of hydrogen-bond acceptors (Lipinski definition) is 5. The highest BCUT2D eigenvalue weighted by atomic mass is 32.2. The molecular weight excluding hydrogens is 502 g/mol. The molecular formula is C21H24F6N4O3S. The van der Waals surface area contributed by atoms with Gasteiger partial charge in [-0.25, -0.2) is 13.4 Å². The van der Waals surface area contributed by atoms with E-state index >= 15 is 0 Å². The smallest absolute Gasteiger partial charge is 0.376 e. The monoisotopic (exact) mass is 526 g/mol. The van der Waals surface area contributed by atoms with Crippen LogP contribution in [-0.2, 0) is 34.0 Å². The Morgan fingerprint density at radius 1 is 1.11 bits per heavy atom. The van der Waals surface area contributed by atoms with Crippen molar-refractivity contribution in [3.8, 4) is 0 Å². The van der Waals surface area contributed by atoms with E-state index in [0.717, 1.165) is 37.8 Å². The molecule has 0 amide bonds. The molecule has 2 aromatic rings. The van der Waals surface area contributed by atoms with Crippen molar-refractivity contribution in [1.82, 2.24) is 14.3 Å². The topological polar surface area (TPSA) is 78.5 Å². The lowest BCUT2D eigenvalue weighted by Gasteiger charge is -2.34. The van der Waals surface area contributed by atoms with Gasteiger partial charge in [-0.15, -0.1) is 0 Å². The molecule has 2 aliphatic rings. The first-order valence-electron chi connectivity index (χ1n) is 11.0. The van der Waals surface area contributed by atoms with Crippen molar-refractivity contribution >= 4 is 15.7 Å². The lowest BCUT2D eigenvalue weighted by Crippen LogP contribution is -2.49. The van der Waals surface area contributed by atoms with Gasteiger partial charge in [0.15, 0.2) is 0 Å². The van der Waals surface area contributed by atoms with E-state index in [1.807, 2.05) is 0 Å². The van der Waals surface area contributed by atoms with Crippen LogP contribution in [0.1, 0.15) is 42.5 Å². The van der Waals surface area contributed by atoms with Crippen molar-refractivity contribution in [2.45, 2.75) is 62.6 Å². The molecule has 1 aliphatic carbocycles. The fraction of sp³-hybridized carbons (Fsp3) is 0.571. The van der Waals surface area contributed by atoms with Crippen molar-refractivity contribution in [2.24, 2.45) is 0 Å². The van der Waals surface area contributed by atoms with E-state index in [9.17, 15) is 34.8 Å². The lowest BCUT2D eigenvalue weighted by molar-refractivity contribution is -0.138. The second-order valence-electron chi connectivity index (χ2n) is 8.64. The Morgan fingerprint density at radius 2 is 1.83 bits per heavy atom. The van der Waals surface area contributed by atoms with Gasteiger partial charge in [-0.3, -0.25) is 0 Å². The van der Waals surface area contributed by atoms with Gasteiger partial charge in [-0.2, -0.15) is 30.6 Å². The van der Waals surface area contributed by atoms with Crippen LogP contribution >= 0.6 is 0 Å². The number of H-pyrrole nitrogens is 1. The van der Waals surface area contributed by atoms with Crippen LogP contribution in [0.3, 0.4) is 0 Å². The third-order valence-corrected chi connectivity index (χ3v) is 7.85. The summed E-state index contributed by atoms with van der Waals surface area (Å²) in [6.45, 7) is -1.97. The van der Waals surface area contributed by atoms with Gasteiger partial charge in [-0.1, -0.05) is 18.9 Å². The van der Waals surface area contributed by atoms with Crippen molar-refractivity contribution in [3.05, 3.63) is 47.5 Å². The summed E-state index contributed by atoms with van der Waals surface area (Å²) in [7, 11) is -5.92. The number of benzene rings is 1. The minimum absolute atomic E-state index is 0.00526. The number of rotatable bonds is 6. The fourth-order valence-electron chi connectivity index (χ4n) is 4.59. The highest BCUT2D eigenvalue weighted by molar-refractivity contribution is 7.89. The summed E-state index contributed by atoms with van der Waals surface area (Å²) in [5.74, 6) is 0. The third-order valence-electron chi connectivity index (χ3n) is 6.31. The summed E-state index contributed by atoms with van der Waals surface area (Å²) in [6.07, 6.45) is 1.14. The zero-order valence-corrected chi connectivity index (χ0v) is 19.3. The summed E-state index contributed by atoms with van der Waals surface area (Å²) in [4.78, 5) is 8.20. The zero-order valence-electron chi connectivity index (χ0n) is 18.4. The summed E-state index contributed by atoms with van der Waals surface area (Å²) in [6, 6.07) is 2.26. The lowest BCUT2D eigenvalue weighted by atomic mass is 10.0. The molecule has 1 aliphatic heterocycles. The first-order chi connectivity index (χ1) is 16.4. The quantitative estimate of drug-likeness (QED) is 0.564. The Morgan fingerprint density at radius 3 is 2.43 bits per heavy atom. The average Bonchev–Trinajstić information content (AvgIpc) is 3.44. The fourth-order valence-corrected chi connectivity index (χ4v) is 5.55. The van der Waals surface area contributed by atoms with E-state index in [1.165, 1.54) is 23.5 Å². The summed E-state index contributed by atoms with van der Waals surface area (Å²) >= 11 is 0. The number of alkyl halides is 6. The van der Waals surface area contributed by atoms with Crippen molar-refractivity contribution in [3.63, 3.8) is 0 Å². The number of ether oxygens (including phenoxy) is 1. The Bertz CT molecular complexity index is 1120. The average molecular weight is 527 g/mol. The molecule has 1 fully saturated rings. The number of nitrogens with one attached hydrogen (secondary N) is 1. The van der Waals surface area contributed by atoms with Crippen LogP contribution in [0.4, 0.5) is 32.0 Å². The molecule has 2 heterocycles. The molecule has 14 heteroatoms. The minimum Gasteiger partial charge on any atom is -0.376 e. The van der Waals surface area contributed by atoms with Crippen LogP contribution in [0, 0.1) is 0 Å². The minimum atomic E-state index is -5.92. The molecule has 0 spiro atoms. The number of sulfonamides is 1. The van der Waals surface area contributed by atoms with Crippen molar-refractivity contribution < 1.29 is 39.5 Å². The van der Waals surface area contributed by atoms with Gasteiger partial charge in [0, 0.05) is 30.5 Å². The van der Waals surface area contributed by atoms with E-state index in [4.69, 9.17) is 4.74 Å². The number of aromatic amines is 1. The second kappa shape index (κ2) is 9.62. The van der Waals surface area contributed by atoms with E-state index in [-0.39, 0.29) is 29.2 Å². The van der Waals surface area contributed by atoms with E-state index in [2.05, 4.69) is 9.97 Å². The number of fused-ring (bicyclic) bond motifs is 1. The van der Waals surface area contributed by atoms with Gasteiger partial charge in [-0.05, 0) is 25.0 Å². The molecule has 1 N–H and O–H groups in total. The Labute approximate surface area is 198 Å². The molecule has 7 nitrogen and oxygen atoms in total. The standard InChI is InChI=1S/C21H24F6N4O3S/c22-20(23,24)18-6-3-7-19-17(18)11-30(35(32,33)21(25,26)27)10-15(12-34-16-4-1-2-5-16)31(19)9-14-8-28-13-29-14/h3,6-8,13,15-16H,1-2,4-5,9-12H2,(H,28,29)/t15-/m1/s1. The molecule has 1 atom stereocenters. The largest absolute Gasteiger partial charge is 0.511 e. The predicted molar refractivity (Wildman–Crippen MR) is 114 cm³/mol. The highest BCUT2D eigenvalue weighted by Crippen LogP contribution is 2.41. The number of aromatic nitrogens is 2. The number of imidazole rings is 1. The molecule has 0 radical (unpaired) electrons. The van der Waals surface area contributed by atoms with Gasteiger partial charge in [0.1, 0.15) is 0 Å². The summed E-state index contributed by atoms with van der Waals surface area (Å²) < 4.78 is 113. The van der Waals surface area contributed by atoms with E-state index in [1.54, 1.807) is 0 Å². The Balaban J connectivity index is 1.82. The molecule has 1 aromatic carbocycles. The van der Waals surface area contributed by atoms with Crippen molar-refractivity contribution in [2.75, 3.05) is 18.1 Å². The molecule has 0 unspecified atom stereocenters. The number of hydrogen-bond donors (Lipinski definition) is 1. The molecule has 4 rings (SSSR count).